The molecule has 11 nitrogen and oxygen atoms in total. The number of esters is 1. The van der Waals surface area contributed by atoms with Crippen molar-refractivity contribution in [3.8, 4) is 0 Å². The Kier molecular flexibility index (Phi) is 16.3. The van der Waals surface area contributed by atoms with Gasteiger partial charge in [0, 0.05) is 50.5 Å². The molecular formula is C39H49N3O8. The summed E-state index contributed by atoms with van der Waals surface area (Å²) in [6, 6.07) is 23.0. The lowest BCUT2D eigenvalue weighted by Gasteiger charge is -2.22. The molecule has 1 aliphatic heterocycles. The molecule has 1 aliphatic rings. The molecule has 3 amide bonds. The number of carbonyl (C=O) groups excluding carboxylic acids is 4. The van der Waals surface area contributed by atoms with Gasteiger partial charge in [0.05, 0.1) is 12.7 Å². The molecule has 1 fully saturated rings. The van der Waals surface area contributed by atoms with Crippen molar-refractivity contribution in [1.82, 2.24) is 15.5 Å². The van der Waals surface area contributed by atoms with Crippen LogP contribution in [0.25, 0.3) is 0 Å². The van der Waals surface area contributed by atoms with Gasteiger partial charge in [-0.2, -0.15) is 0 Å². The lowest BCUT2D eigenvalue weighted by molar-refractivity contribution is -0.162. The summed E-state index contributed by atoms with van der Waals surface area (Å²) in [7, 11) is 1.32. The number of ether oxygens (including phenoxy) is 4. The highest BCUT2D eigenvalue weighted by Crippen LogP contribution is 2.15. The van der Waals surface area contributed by atoms with Crippen molar-refractivity contribution in [3.05, 3.63) is 107 Å². The normalized spacial score (nSPS) is 14.0. The number of hydrogen-bond donors (Lipinski definition) is 2. The van der Waals surface area contributed by atoms with Crippen molar-refractivity contribution in [1.29, 1.82) is 0 Å². The molecule has 0 radical (unpaired) electrons. The molecule has 0 aliphatic carbocycles. The van der Waals surface area contributed by atoms with E-state index in [2.05, 4.69) is 10.6 Å². The number of benzene rings is 3. The minimum absolute atomic E-state index is 0.0631. The van der Waals surface area contributed by atoms with Crippen molar-refractivity contribution < 1.29 is 38.1 Å². The topological polar surface area (TPSA) is 132 Å². The Labute approximate surface area is 294 Å². The quantitative estimate of drug-likeness (QED) is 0.111. The lowest BCUT2D eigenvalue weighted by Crippen LogP contribution is -2.32. The van der Waals surface area contributed by atoms with Crippen molar-refractivity contribution in [3.63, 3.8) is 0 Å². The number of methoxy groups -OCH3 is 1. The first-order chi connectivity index (χ1) is 24.4. The Bertz CT molecular complexity index is 1480. The van der Waals surface area contributed by atoms with E-state index in [0.29, 0.717) is 62.3 Å². The van der Waals surface area contributed by atoms with Crippen LogP contribution in [0.5, 0.6) is 0 Å². The van der Waals surface area contributed by atoms with Gasteiger partial charge in [-0.1, -0.05) is 42.5 Å². The first kappa shape index (κ1) is 38.1. The van der Waals surface area contributed by atoms with Gasteiger partial charge < -0.3 is 34.5 Å². The van der Waals surface area contributed by atoms with Gasteiger partial charge in [-0.05, 0) is 98.9 Å². The first-order valence-electron chi connectivity index (χ1n) is 17.5. The molecule has 0 saturated carbocycles. The largest absolute Gasteiger partial charge is 0.465 e. The van der Waals surface area contributed by atoms with Gasteiger partial charge in [0.1, 0.15) is 6.61 Å². The molecule has 3 aromatic rings. The second-order valence-corrected chi connectivity index (χ2v) is 12.2. The third-order valence-corrected chi connectivity index (χ3v) is 8.31. The molecule has 2 N–H and O–H groups in total. The number of nitrogens with zero attached hydrogens (tertiary/aromatic N) is 1. The summed E-state index contributed by atoms with van der Waals surface area (Å²) in [5.41, 5.74) is 3.12. The van der Waals surface area contributed by atoms with Gasteiger partial charge in [-0.3, -0.25) is 9.59 Å². The van der Waals surface area contributed by atoms with Crippen LogP contribution in [0.15, 0.2) is 78.9 Å². The fourth-order valence-electron chi connectivity index (χ4n) is 5.40. The highest BCUT2D eigenvalue weighted by molar-refractivity contribution is 5.97. The van der Waals surface area contributed by atoms with Crippen LogP contribution in [0.4, 0.5) is 4.79 Å². The van der Waals surface area contributed by atoms with E-state index in [0.717, 1.165) is 56.3 Å². The monoisotopic (exact) mass is 687 g/mol. The van der Waals surface area contributed by atoms with Crippen molar-refractivity contribution >= 4 is 23.9 Å². The van der Waals surface area contributed by atoms with Gasteiger partial charge in [0.2, 0.25) is 0 Å². The fourth-order valence-corrected chi connectivity index (χ4v) is 5.40. The van der Waals surface area contributed by atoms with E-state index < -0.39 is 12.1 Å². The van der Waals surface area contributed by atoms with Crippen LogP contribution in [0.3, 0.4) is 0 Å². The zero-order valence-electron chi connectivity index (χ0n) is 28.9. The average molecular weight is 688 g/mol. The SMILES string of the molecule is COC(=O)c1ccc(COC(=O)N(CCCCNC(=O)c2ccc(C(=O)NCCCCCOC3CCCCO3)cc2)Cc2ccccc2)cc1. The lowest BCUT2D eigenvalue weighted by atomic mass is 10.1. The van der Waals surface area contributed by atoms with Gasteiger partial charge in [0.25, 0.3) is 11.8 Å². The summed E-state index contributed by atoms with van der Waals surface area (Å²) in [6.07, 6.45) is 6.76. The Hall–Kier alpha value is -4.74. The Morgan fingerprint density at radius 2 is 1.38 bits per heavy atom. The Morgan fingerprint density at radius 3 is 2.00 bits per heavy atom. The Balaban J connectivity index is 1.13. The zero-order valence-corrected chi connectivity index (χ0v) is 28.9. The van der Waals surface area contributed by atoms with Crippen molar-refractivity contribution in [2.75, 3.05) is 40.0 Å². The predicted octanol–water partition coefficient (Wildman–Crippen LogP) is 6.27. The Morgan fingerprint density at radius 1 is 0.740 bits per heavy atom. The van der Waals surface area contributed by atoms with E-state index in [1.54, 1.807) is 53.4 Å². The molecule has 268 valence electrons. The minimum atomic E-state index is -0.450. The first-order valence-corrected chi connectivity index (χ1v) is 17.5. The van der Waals surface area contributed by atoms with Crippen LogP contribution in [0, 0.1) is 0 Å². The van der Waals surface area contributed by atoms with Crippen LogP contribution in [0.1, 0.15) is 93.6 Å². The average Bonchev–Trinajstić information content (AvgIpc) is 3.16. The molecule has 0 spiro atoms. The van der Waals surface area contributed by atoms with E-state index in [1.165, 1.54) is 7.11 Å². The fraction of sp³-hybridized carbons (Fsp3) is 0.436. The van der Waals surface area contributed by atoms with Crippen LogP contribution in [0.2, 0.25) is 0 Å². The number of nitrogens with one attached hydrogen (secondary N) is 2. The smallest absolute Gasteiger partial charge is 0.410 e. The molecule has 1 saturated heterocycles. The molecule has 4 rings (SSSR count). The van der Waals surface area contributed by atoms with E-state index in [9.17, 15) is 19.2 Å². The van der Waals surface area contributed by atoms with E-state index in [-0.39, 0.29) is 24.7 Å². The van der Waals surface area contributed by atoms with Crippen molar-refractivity contribution in [2.24, 2.45) is 0 Å². The predicted molar refractivity (Wildman–Crippen MR) is 189 cm³/mol. The molecule has 0 aromatic heterocycles. The van der Waals surface area contributed by atoms with Crippen LogP contribution >= 0.6 is 0 Å². The summed E-state index contributed by atoms with van der Waals surface area (Å²) in [6.45, 7) is 3.35. The standard InChI is InChI=1S/C39H49N3O8/c1-47-38(45)34-17-15-31(16-18-34)29-50-39(46)42(28-30-12-4-2-5-13-30)25-9-8-24-41-37(44)33-21-19-32(20-22-33)36(43)40-23-7-3-10-26-48-35-14-6-11-27-49-35/h2,4-5,12-13,15-22,35H,3,6-11,14,23-29H2,1H3,(H,40,43)(H,41,44). The molecule has 50 heavy (non-hydrogen) atoms. The van der Waals surface area contributed by atoms with Crippen LogP contribution in [-0.4, -0.2) is 75.0 Å². The van der Waals surface area contributed by atoms with Crippen LogP contribution < -0.4 is 10.6 Å². The van der Waals surface area contributed by atoms with E-state index >= 15 is 0 Å². The number of unbranched alkanes of at least 4 members (excludes halogenated alkanes) is 3. The molecule has 1 heterocycles. The third kappa shape index (κ3) is 13.3. The maximum absolute atomic E-state index is 13.1. The minimum Gasteiger partial charge on any atom is -0.465 e. The summed E-state index contributed by atoms with van der Waals surface area (Å²) in [4.78, 5) is 51.6. The van der Waals surface area contributed by atoms with Gasteiger partial charge >= 0.3 is 12.1 Å². The summed E-state index contributed by atoms with van der Waals surface area (Å²) in [5, 5.41) is 5.85. The summed E-state index contributed by atoms with van der Waals surface area (Å²) >= 11 is 0. The third-order valence-electron chi connectivity index (χ3n) is 8.31. The molecule has 3 aromatic carbocycles. The maximum atomic E-state index is 13.1. The summed E-state index contributed by atoms with van der Waals surface area (Å²) < 4.78 is 21.6. The number of amides is 3. The van der Waals surface area contributed by atoms with E-state index in [1.807, 2.05) is 30.3 Å². The summed E-state index contributed by atoms with van der Waals surface area (Å²) in [5.74, 6) is -0.823. The molecule has 1 unspecified atom stereocenters. The van der Waals surface area contributed by atoms with Gasteiger partial charge in [-0.15, -0.1) is 0 Å². The van der Waals surface area contributed by atoms with E-state index in [4.69, 9.17) is 18.9 Å². The van der Waals surface area contributed by atoms with Crippen molar-refractivity contribution in [2.45, 2.75) is 70.8 Å². The highest BCUT2D eigenvalue weighted by atomic mass is 16.7. The molecule has 0 bridgehead atoms. The van der Waals surface area contributed by atoms with Gasteiger partial charge in [-0.25, -0.2) is 9.59 Å². The molecule has 1 atom stereocenters. The number of carbonyl (C=O) groups is 4. The van der Waals surface area contributed by atoms with Crippen LogP contribution in [-0.2, 0) is 32.1 Å². The number of rotatable bonds is 19. The second kappa shape index (κ2) is 21.4. The zero-order chi connectivity index (χ0) is 35.4. The molecular weight excluding hydrogens is 638 g/mol. The second-order valence-electron chi connectivity index (χ2n) is 12.2. The maximum Gasteiger partial charge on any atom is 0.410 e. The highest BCUT2D eigenvalue weighted by Gasteiger charge is 2.17. The van der Waals surface area contributed by atoms with Gasteiger partial charge in [0.15, 0.2) is 6.29 Å². The molecule has 11 heteroatoms. The number of hydrogen-bond acceptors (Lipinski definition) is 8.